The largest absolute Gasteiger partial charge is 0.481 e. The molecule has 0 aliphatic heterocycles. The summed E-state index contributed by atoms with van der Waals surface area (Å²) >= 11 is 0. The lowest BCUT2D eigenvalue weighted by atomic mass is 10.0. The summed E-state index contributed by atoms with van der Waals surface area (Å²) < 4.78 is 0. The molecule has 3 rings (SSSR count). The third-order valence-electron chi connectivity index (χ3n) is 5.75. The minimum absolute atomic E-state index is 0.0364. The van der Waals surface area contributed by atoms with Crippen LogP contribution in [0.4, 0.5) is 10.5 Å². The topological polar surface area (TPSA) is 136 Å². The Morgan fingerprint density at radius 3 is 2.05 bits per heavy atom. The highest BCUT2D eigenvalue weighted by atomic mass is 16.4. The van der Waals surface area contributed by atoms with Gasteiger partial charge in [0.25, 0.3) is 5.91 Å². The quantitative estimate of drug-likeness (QED) is 0.306. The number of carbonyl (C=O) groups excluding carboxylic acids is 2. The maximum atomic E-state index is 13.2. The number of nitrogens with one attached hydrogen (secondary N) is 2. The van der Waals surface area contributed by atoms with Gasteiger partial charge in [0.15, 0.2) is 0 Å². The lowest BCUT2D eigenvalue weighted by Gasteiger charge is -2.27. The molecule has 4 N–H and O–H groups in total. The summed E-state index contributed by atoms with van der Waals surface area (Å²) in [5, 5.41) is 23.2. The number of carbonyl (C=O) groups is 4. The summed E-state index contributed by atoms with van der Waals surface area (Å²) in [7, 11) is 0. The number of aromatic carboxylic acids is 1. The first-order valence-corrected chi connectivity index (χ1v) is 11.8. The third kappa shape index (κ3) is 8.21. The van der Waals surface area contributed by atoms with E-state index in [0.29, 0.717) is 17.8 Å². The van der Waals surface area contributed by atoms with Crippen molar-refractivity contribution in [3.05, 3.63) is 101 Å². The Labute approximate surface area is 214 Å². The average molecular weight is 504 g/mol. The van der Waals surface area contributed by atoms with Gasteiger partial charge in [-0.25, -0.2) is 9.59 Å². The van der Waals surface area contributed by atoms with Crippen molar-refractivity contribution < 1.29 is 29.4 Å². The van der Waals surface area contributed by atoms with Crippen LogP contribution >= 0.6 is 0 Å². The number of amides is 3. The van der Waals surface area contributed by atoms with Crippen LogP contribution in [0.15, 0.2) is 78.9 Å². The van der Waals surface area contributed by atoms with Gasteiger partial charge in [-0.3, -0.25) is 9.59 Å². The van der Waals surface area contributed by atoms with Gasteiger partial charge in [-0.05, 0) is 53.4 Å². The van der Waals surface area contributed by atoms with E-state index in [0.717, 1.165) is 11.1 Å². The van der Waals surface area contributed by atoms with Crippen molar-refractivity contribution in [1.29, 1.82) is 0 Å². The summed E-state index contributed by atoms with van der Waals surface area (Å²) in [5.41, 5.74) is 2.87. The van der Waals surface area contributed by atoms with Crippen LogP contribution in [0.5, 0.6) is 0 Å². The fraction of sp³-hybridized carbons (Fsp3) is 0.214. The minimum Gasteiger partial charge on any atom is -0.481 e. The van der Waals surface area contributed by atoms with E-state index in [1.807, 2.05) is 37.3 Å². The number of urea groups is 1. The van der Waals surface area contributed by atoms with E-state index in [1.54, 1.807) is 29.2 Å². The van der Waals surface area contributed by atoms with Crippen LogP contribution in [-0.4, -0.2) is 52.1 Å². The molecule has 0 aliphatic carbocycles. The highest BCUT2D eigenvalue weighted by Crippen LogP contribution is 2.19. The lowest BCUT2D eigenvalue weighted by molar-refractivity contribution is -0.136. The summed E-state index contributed by atoms with van der Waals surface area (Å²) in [6.45, 7) is 2.76. The number of carboxylic acid groups (broad SMARTS) is 2. The van der Waals surface area contributed by atoms with E-state index >= 15 is 0 Å². The van der Waals surface area contributed by atoms with Crippen molar-refractivity contribution in [2.24, 2.45) is 0 Å². The Morgan fingerprint density at radius 1 is 0.838 bits per heavy atom. The van der Waals surface area contributed by atoms with Gasteiger partial charge in [-0.1, -0.05) is 49.4 Å². The van der Waals surface area contributed by atoms with Crippen LogP contribution in [-0.2, 0) is 11.3 Å². The van der Waals surface area contributed by atoms with Crippen molar-refractivity contribution >= 4 is 29.6 Å². The zero-order valence-electron chi connectivity index (χ0n) is 20.4. The molecule has 0 heterocycles. The van der Waals surface area contributed by atoms with Crippen molar-refractivity contribution in [2.75, 3.05) is 18.4 Å². The maximum Gasteiger partial charge on any atom is 0.335 e. The molecule has 0 radical (unpaired) electrons. The van der Waals surface area contributed by atoms with E-state index in [9.17, 15) is 19.2 Å². The Hall–Kier alpha value is -4.66. The standard InChI is InChI=1S/C28H29N3O6/c1-19(21-5-3-2-4-6-21)17-31(28(37)30-24-13-11-23(12-14-24)27(35)36)18-20-7-9-22(10-8-20)26(34)29-16-15-25(32)33/h2-14,19H,15-18H2,1H3,(H,29,34)(H,30,37)(H,32,33)(H,35,36). The fourth-order valence-electron chi connectivity index (χ4n) is 3.70. The number of hydrogen-bond donors (Lipinski definition) is 4. The van der Waals surface area contributed by atoms with Gasteiger partial charge in [-0.15, -0.1) is 0 Å². The second-order valence-corrected chi connectivity index (χ2v) is 8.60. The predicted molar refractivity (Wildman–Crippen MR) is 139 cm³/mol. The number of anilines is 1. The van der Waals surface area contributed by atoms with Crippen LogP contribution in [0.2, 0.25) is 0 Å². The average Bonchev–Trinajstić information content (AvgIpc) is 2.89. The van der Waals surface area contributed by atoms with Crippen LogP contribution in [0, 0.1) is 0 Å². The molecule has 1 unspecified atom stereocenters. The normalized spacial score (nSPS) is 11.3. The van der Waals surface area contributed by atoms with Crippen molar-refractivity contribution in [1.82, 2.24) is 10.2 Å². The molecule has 9 nitrogen and oxygen atoms in total. The molecule has 9 heteroatoms. The molecule has 3 amide bonds. The van der Waals surface area contributed by atoms with Gasteiger partial charge in [0.1, 0.15) is 0 Å². The smallest absolute Gasteiger partial charge is 0.335 e. The maximum absolute atomic E-state index is 13.2. The van der Waals surface area contributed by atoms with Crippen LogP contribution in [0.3, 0.4) is 0 Å². The molecule has 0 saturated heterocycles. The number of nitrogens with zero attached hydrogens (tertiary/aromatic N) is 1. The molecular formula is C28H29N3O6. The zero-order chi connectivity index (χ0) is 26.8. The Morgan fingerprint density at radius 2 is 1.46 bits per heavy atom. The number of carboxylic acids is 2. The monoisotopic (exact) mass is 503 g/mol. The molecule has 0 aliphatic rings. The Bertz CT molecular complexity index is 1230. The number of aliphatic carboxylic acids is 1. The van der Waals surface area contributed by atoms with Crippen molar-refractivity contribution in [2.45, 2.75) is 25.8 Å². The van der Waals surface area contributed by atoms with Gasteiger partial charge in [0, 0.05) is 30.9 Å². The molecule has 192 valence electrons. The first-order chi connectivity index (χ1) is 17.7. The van der Waals surface area contributed by atoms with Gasteiger partial charge in [-0.2, -0.15) is 0 Å². The number of benzene rings is 3. The third-order valence-corrected chi connectivity index (χ3v) is 5.75. The Balaban J connectivity index is 1.73. The van der Waals surface area contributed by atoms with Gasteiger partial charge in [0.2, 0.25) is 0 Å². The highest BCUT2D eigenvalue weighted by molar-refractivity contribution is 5.94. The minimum atomic E-state index is -1.05. The van der Waals surface area contributed by atoms with Crippen molar-refractivity contribution in [3.63, 3.8) is 0 Å². The molecule has 0 bridgehead atoms. The summed E-state index contributed by atoms with van der Waals surface area (Å²) in [6, 6.07) is 22.2. The van der Waals surface area contributed by atoms with Gasteiger partial charge >= 0.3 is 18.0 Å². The molecule has 37 heavy (non-hydrogen) atoms. The molecule has 0 aromatic heterocycles. The molecule has 0 fully saturated rings. The lowest BCUT2D eigenvalue weighted by Crippen LogP contribution is -2.37. The molecular weight excluding hydrogens is 474 g/mol. The highest BCUT2D eigenvalue weighted by Gasteiger charge is 2.19. The molecule has 1 atom stereocenters. The van der Waals surface area contributed by atoms with E-state index < -0.39 is 11.9 Å². The van der Waals surface area contributed by atoms with Gasteiger partial charge < -0.3 is 25.7 Å². The first kappa shape index (κ1) is 26.9. The SMILES string of the molecule is CC(CN(Cc1ccc(C(=O)NCCC(=O)O)cc1)C(=O)Nc1ccc(C(=O)O)cc1)c1ccccc1. The van der Waals surface area contributed by atoms with Crippen molar-refractivity contribution in [3.8, 4) is 0 Å². The summed E-state index contributed by atoms with van der Waals surface area (Å²) in [6.07, 6.45) is -0.160. The van der Waals surface area contributed by atoms with E-state index in [4.69, 9.17) is 10.2 Å². The fourth-order valence-corrected chi connectivity index (χ4v) is 3.70. The summed E-state index contributed by atoms with van der Waals surface area (Å²) in [4.78, 5) is 48.9. The molecule has 3 aromatic carbocycles. The zero-order valence-corrected chi connectivity index (χ0v) is 20.4. The first-order valence-electron chi connectivity index (χ1n) is 11.8. The van der Waals surface area contributed by atoms with Crippen LogP contribution < -0.4 is 10.6 Å². The molecule has 3 aromatic rings. The second kappa shape index (κ2) is 12.9. The molecule has 0 spiro atoms. The number of hydrogen-bond acceptors (Lipinski definition) is 4. The van der Waals surface area contributed by atoms with Crippen LogP contribution in [0.25, 0.3) is 0 Å². The number of rotatable bonds is 11. The van der Waals surface area contributed by atoms with E-state index in [1.165, 1.54) is 24.3 Å². The predicted octanol–water partition coefficient (Wildman–Crippen LogP) is 4.43. The van der Waals surface area contributed by atoms with E-state index in [2.05, 4.69) is 10.6 Å². The second-order valence-electron chi connectivity index (χ2n) is 8.60. The molecule has 0 saturated carbocycles. The van der Waals surface area contributed by atoms with Gasteiger partial charge in [0.05, 0.1) is 12.0 Å². The Kier molecular flexibility index (Phi) is 9.37. The van der Waals surface area contributed by atoms with E-state index in [-0.39, 0.29) is 42.9 Å². The van der Waals surface area contributed by atoms with Crippen LogP contribution in [0.1, 0.15) is 51.1 Å². The summed E-state index contributed by atoms with van der Waals surface area (Å²) in [5.74, 6) is -2.36.